The molecule has 0 aliphatic carbocycles. The van der Waals surface area contributed by atoms with Gasteiger partial charge in [-0.15, -0.1) is 10.2 Å². The number of aryl methyl sites for hydroxylation is 1. The Morgan fingerprint density at radius 2 is 2.00 bits per heavy atom. The lowest BCUT2D eigenvalue weighted by molar-refractivity contribution is -0.137. The minimum Gasteiger partial charge on any atom is -0.325 e. The maximum atomic E-state index is 13.0. The van der Waals surface area contributed by atoms with E-state index in [-0.39, 0.29) is 27.5 Å². The van der Waals surface area contributed by atoms with Gasteiger partial charge >= 0.3 is 6.18 Å². The lowest BCUT2D eigenvalue weighted by Gasteiger charge is -2.09. The zero-order chi connectivity index (χ0) is 19.8. The minimum absolute atomic E-state index is 0.0817. The molecule has 1 N–H and O–H groups in total. The van der Waals surface area contributed by atoms with Gasteiger partial charge < -0.3 is 5.32 Å². The number of pyridine rings is 1. The van der Waals surface area contributed by atoms with Gasteiger partial charge in [-0.3, -0.25) is 9.20 Å². The monoisotopic (exact) mass is 434 g/mol. The highest BCUT2D eigenvalue weighted by Crippen LogP contribution is 2.33. The number of nitrogens with one attached hydrogen (secondary N) is 1. The van der Waals surface area contributed by atoms with Gasteiger partial charge in [-0.1, -0.05) is 41.0 Å². The number of alkyl halides is 3. The van der Waals surface area contributed by atoms with E-state index in [1.165, 1.54) is 0 Å². The largest absolute Gasteiger partial charge is 0.417 e. The van der Waals surface area contributed by atoms with Crippen molar-refractivity contribution in [3.8, 4) is 0 Å². The molecule has 0 aliphatic heterocycles. The number of benzene rings is 1. The number of rotatable bonds is 4. The van der Waals surface area contributed by atoms with Crippen LogP contribution in [-0.4, -0.2) is 26.3 Å². The van der Waals surface area contributed by atoms with Crippen molar-refractivity contribution >= 4 is 52.2 Å². The lowest BCUT2D eigenvalue weighted by atomic mass is 10.2. The number of amides is 1. The van der Waals surface area contributed by atoms with E-state index in [1.807, 2.05) is 6.92 Å². The molecule has 0 fully saturated rings. The maximum absolute atomic E-state index is 13.0. The molecule has 0 radical (unpaired) electrons. The van der Waals surface area contributed by atoms with Crippen molar-refractivity contribution in [3.63, 3.8) is 0 Å². The van der Waals surface area contributed by atoms with Crippen LogP contribution < -0.4 is 5.32 Å². The molecule has 11 heteroatoms. The fraction of sp³-hybridized carbons (Fsp3) is 0.188. The summed E-state index contributed by atoms with van der Waals surface area (Å²) in [6, 6.07) is 5.86. The van der Waals surface area contributed by atoms with Crippen molar-refractivity contribution in [2.75, 3.05) is 11.1 Å². The normalized spacial score (nSPS) is 11.8. The third-order valence-electron chi connectivity index (χ3n) is 3.56. The summed E-state index contributed by atoms with van der Waals surface area (Å²) in [6.07, 6.45) is -3.71. The van der Waals surface area contributed by atoms with E-state index in [0.29, 0.717) is 10.7 Å². The van der Waals surface area contributed by atoms with E-state index in [2.05, 4.69) is 15.5 Å². The van der Waals surface area contributed by atoms with Crippen molar-refractivity contribution in [2.24, 2.45) is 0 Å². The number of carbonyl (C=O) groups excluding carboxylic acids is 1. The van der Waals surface area contributed by atoms with Crippen molar-refractivity contribution in [3.05, 3.63) is 51.6 Å². The Bertz CT molecular complexity index is 1020. The number of anilines is 1. The van der Waals surface area contributed by atoms with Gasteiger partial charge in [0.05, 0.1) is 16.3 Å². The topological polar surface area (TPSA) is 59.3 Å². The second-order valence-electron chi connectivity index (χ2n) is 5.55. The molecule has 0 atom stereocenters. The molecule has 0 unspecified atom stereocenters. The fourth-order valence-electron chi connectivity index (χ4n) is 2.23. The molecule has 142 valence electrons. The Morgan fingerprint density at radius 3 is 2.70 bits per heavy atom. The van der Waals surface area contributed by atoms with E-state index in [9.17, 15) is 18.0 Å². The zero-order valence-corrected chi connectivity index (χ0v) is 16.0. The summed E-state index contributed by atoms with van der Waals surface area (Å²) in [5, 5.41) is 10.7. The van der Waals surface area contributed by atoms with E-state index in [1.54, 1.807) is 18.2 Å². The second-order valence-corrected chi connectivity index (χ2v) is 7.33. The predicted octanol–water partition coefficient (Wildman–Crippen LogP) is 5.09. The van der Waals surface area contributed by atoms with Gasteiger partial charge in [-0.25, -0.2) is 0 Å². The Balaban J connectivity index is 1.78. The van der Waals surface area contributed by atoms with Gasteiger partial charge in [-0.2, -0.15) is 13.2 Å². The molecule has 5 nitrogen and oxygen atoms in total. The van der Waals surface area contributed by atoms with Crippen LogP contribution in [0.3, 0.4) is 0 Å². The van der Waals surface area contributed by atoms with Gasteiger partial charge in [0.15, 0.2) is 10.8 Å². The van der Waals surface area contributed by atoms with Crippen molar-refractivity contribution in [2.45, 2.75) is 18.3 Å². The molecule has 3 aromatic rings. The first-order chi connectivity index (χ1) is 12.6. The number of nitrogens with zero attached hydrogens (tertiary/aromatic N) is 3. The minimum atomic E-state index is -4.56. The third-order valence-corrected chi connectivity index (χ3v) is 5.02. The van der Waals surface area contributed by atoms with Gasteiger partial charge in [0.25, 0.3) is 0 Å². The summed E-state index contributed by atoms with van der Waals surface area (Å²) in [7, 11) is 0. The van der Waals surface area contributed by atoms with Crippen LogP contribution in [0.25, 0.3) is 5.65 Å². The van der Waals surface area contributed by atoms with Crippen LogP contribution >= 0.6 is 35.0 Å². The second kappa shape index (κ2) is 7.57. The zero-order valence-electron chi connectivity index (χ0n) is 13.6. The van der Waals surface area contributed by atoms with Crippen LogP contribution in [0.5, 0.6) is 0 Å². The van der Waals surface area contributed by atoms with Crippen molar-refractivity contribution in [1.82, 2.24) is 14.6 Å². The number of halogens is 5. The van der Waals surface area contributed by atoms with Gasteiger partial charge in [0, 0.05) is 16.9 Å². The van der Waals surface area contributed by atoms with E-state index in [4.69, 9.17) is 23.2 Å². The Morgan fingerprint density at radius 1 is 1.26 bits per heavy atom. The van der Waals surface area contributed by atoms with Crippen LogP contribution in [0.2, 0.25) is 10.0 Å². The average Bonchev–Trinajstić information content (AvgIpc) is 2.99. The molecule has 2 aromatic heterocycles. The standard InChI is InChI=1S/C16H11Cl2F3N4OS/c1-8-2-3-10(17)5-12(8)22-13(26)7-27-15-24-23-14-11(18)4-9(6-25(14)15)16(19,20)21/h2-6H,7H2,1H3,(H,22,26). The summed E-state index contributed by atoms with van der Waals surface area (Å²) >= 11 is 12.7. The first-order valence-corrected chi connectivity index (χ1v) is 9.19. The smallest absolute Gasteiger partial charge is 0.325 e. The number of fused-ring (bicyclic) bond motifs is 1. The number of aromatic nitrogens is 3. The quantitative estimate of drug-likeness (QED) is 0.580. The Hall–Kier alpha value is -1.97. The first kappa shape index (κ1) is 19.8. The fourth-order valence-corrected chi connectivity index (χ4v) is 3.36. The molecular formula is C16H11Cl2F3N4OS. The average molecular weight is 435 g/mol. The summed E-state index contributed by atoms with van der Waals surface area (Å²) in [5.41, 5.74) is 0.535. The van der Waals surface area contributed by atoms with Crippen LogP contribution in [0.4, 0.5) is 18.9 Å². The molecule has 27 heavy (non-hydrogen) atoms. The first-order valence-electron chi connectivity index (χ1n) is 7.45. The molecule has 0 saturated carbocycles. The molecular weight excluding hydrogens is 424 g/mol. The Kier molecular flexibility index (Phi) is 5.55. The number of hydrogen-bond donors (Lipinski definition) is 1. The molecule has 3 rings (SSSR count). The van der Waals surface area contributed by atoms with Crippen LogP contribution in [0, 0.1) is 6.92 Å². The van der Waals surface area contributed by atoms with E-state index >= 15 is 0 Å². The molecule has 1 aromatic carbocycles. The van der Waals surface area contributed by atoms with Crippen LogP contribution in [0.15, 0.2) is 35.6 Å². The Labute approximate surface area is 165 Å². The molecule has 0 bridgehead atoms. The summed E-state index contributed by atoms with van der Waals surface area (Å²) in [5.74, 6) is -0.444. The van der Waals surface area contributed by atoms with Gasteiger partial charge in [0.1, 0.15) is 0 Å². The van der Waals surface area contributed by atoms with E-state index < -0.39 is 11.7 Å². The highest BCUT2D eigenvalue weighted by atomic mass is 35.5. The highest BCUT2D eigenvalue weighted by molar-refractivity contribution is 7.99. The predicted molar refractivity (Wildman–Crippen MR) is 98.5 cm³/mol. The van der Waals surface area contributed by atoms with Crippen LogP contribution in [0.1, 0.15) is 11.1 Å². The summed E-state index contributed by atoms with van der Waals surface area (Å²) in [4.78, 5) is 12.2. The molecule has 1 amide bonds. The van der Waals surface area contributed by atoms with E-state index in [0.717, 1.165) is 34.0 Å². The van der Waals surface area contributed by atoms with Gasteiger partial charge in [0.2, 0.25) is 5.91 Å². The molecule has 0 aliphatic rings. The van der Waals surface area contributed by atoms with Gasteiger partial charge in [-0.05, 0) is 30.7 Å². The molecule has 0 spiro atoms. The number of carbonyl (C=O) groups is 1. The summed E-state index contributed by atoms with van der Waals surface area (Å²) < 4.78 is 40.0. The summed E-state index contributed by atoms with van der Waals surface area (Å²) in [6.45, 7) is 1.81. The maximum Gasteiger partial charge on any atom is 0.417 e. The molecule has 2 heterocycles. The van der Waals surface area contributed by atoms with Crippen LogP contribution in [-0.2, 0) is 11.0 Å². The molecule has 0 saturated heterocycles. The van der Waals surface area contributed by atoms with Crippen molar-refractivity contribution < 1.29 is 18.0 Å². The highest BCUT2D eigenvalue weighted by Gasteiger charge is 2.32. The number of thioether (sulfide) groups is 1. The SMILES string of the molecule is Cc1ccc(Cl)cc1NC(=O)CSc1nnc2c(Cl)cc(C(F)(F)F)cn12. The lowest BCUT2D eigenvalue weighted by Crippen LogP contribution is -2.15. The third kappa shape index (κ3) is 4.48. The number of hydrogen-bond acceptors (Lipinski definition) is 4. The van der Waals surface area contributed by atoms with Crippen molar-refractivity contribution in [1.29, 1.82) is 0 Å².